The van der Waals surface area contributed by atoms with Crippen LogP contribution in [0, 0.1) is 0 Å². The molecule has 3 aromatic carbocycles. The maximum absolute atomic E-state index is 12.6. The van der Waals surface area contributed by atoms with Crippen LogP contribution in [0.3, 0.4) is 0 Å². The molecule has 0 fully saturated rings. The molecule has 1 aromatic heterocycles. The standard InChI is InChI=1S/C23H18F4N4O4/c24-21(25)34-18-7-3-1-5-13(18)12-33-14-9-10-15-17(11-14)30-31-20(15)29-23(32)28-16-6-2-4-8-19(16)35-22(26)27/h1-11,21-22H,12H2,(H3,28,29,30,31,32). The van der Waals surface area contributed by atoms with Crippen molar-refractivity contribution in [3.8, 4) is 17.2 Å². The SMILES string of the molecule is O=C(Nc1ccccc1OC(F)F)Nc1n[nH]c2cc(OCc3ccccc3OC(F)F)ccc12. The number of urea groups is 1. The van der Waals surface area contributed by atoms with Crippen molar-refractivity contribution >= 4 is 28.4 Å². The van der Waals surface area contributed by atoms with Gasteiger partial charge >= 0.3 is 19.3 Å². The van der Waals surface area contributed by atoms with Gasteiger partial charge in [0.25, 0.3) is 0 Å². The topological polar surface area (TPSA) is 97.5 Å². The second-order valence-corrected chi connectivity index (χ2v) is 7.01. The molecule has 0 spiro atoms. The first-order chi connectivity index (χ1) is 16.9. The monoisotopic (exact) mass is 490 g/mol. The Balaban J connectivity index is 1.42. The summed E-state index contributed by atoms with van der Waals surface area (Å²) in [6.07, 6.45) is 0. The minimum atomic E-state index is -3.04. The number of nitrogens with one attached hydrogen (secondary N) is 3. The van der Waals surface area contributed by atoms with E-state index in [1.54, 1.807) is 42.5 Å². The number of H-pyrrole nitrogens is 1. The molecule has 0 unspecified atom stereocenters. The van der Waals surface area contributed by atoms with E-state index in [0.717, 1.165) is 0 Å². The predicted octanol–water partition coefficient (Wildman–Crippen LogP) is 5.99. The molecule has 182 valence electrons. The first-order valence-corrected chi connectivity index (χ1v) is 10.1. The minimum absolute atomic E-state index is 0.0168. The van der Waals surface area contributed by atoms with Crippen LogP contribution in [-0.2, 0) is 6.61 Å². The number of halogens is 4. The van der Waals surface area contributed by atoms with Crippen LogP contribution in [-0.4, -0.2) is 29.5 Å². The summed E-state index contributed by atoms with van der Waals surface area (Å²) in [7, 11) is 0. The number of alkyl halides is 4. The molecule has 12 heteroatoms. The van der Waals surface area contributed by atoms with E-state index in [9.17, 15) is 22.4 Å². The Morgan fingerprint density at radius 1 is 0.886 bits per heavy atom. The second kappa shape index (κ2) is 10.6. The van der Waals surface area contributed by atoms with Gasteiger partial charge in [-0.05, 0) is 30.3 Å². The van der Waals surface area contributed by atoms with Gasteiger partial charge in [0.05, 0.1) is 11.2 Å². The molecule has 0 aliphatic rings. The Morgan fingerprint density at radius 2 is 1.57 bits per heavy atom. The Kier molecular flexibility index (Phi) is 7.19. The maximum atomic E-state index is 12.6. The highest BCUT2D eigenvalue weighted by molar-refractivity contribution is 6.05. The number of nitrogens with zero attached hydrogens (tertiary/aromatic N) is 1. The van der Waals surface area contributed by atoms with Crippen LogP contribution < -0.4 is 24.8 Å². The molecule has 0 saturated heterocycles. The summed E-state index contributed by atoms with van der Waals surface area (Å²) < 4.78 is 64.8. The number of rotatable bonds is 9. The third kappa shape index (κ3) is 6.10. The van der Waals surface area contributed by atoms with Crippen molar-refractivity contribution in [1.29, 1.82) is 0 Å². The average molecular weight is 490 g/mol. The number of para-hydroxylation sites is 3. The van der Waals surface area contributed by atoms with Gasteiger partial charge in [-0.15, -0.1) is 0 Å². The van der Waals surface area contributed by atoms with Gasteiger partial charge in [0.15, 0.2) is 5.82 Å². The van der Waals surface area contributed by atoms with Gasteiger partial charge in [0.1, 0.15) is 23.9 Å². The number of carbonyl (C=O) groups is 1. The fraction of sp³-hybridized carbons (Fsp3) is 0.130. The third-order valence-electron chi connectivity index (χ3n) is 4.70. The zero-order chi connectivity index (χ0) is 24.8. The largest absolute Gasteiger partial charge is 0.489 e. The molecule has 2 amide bonds. The zero-order valence-electron chi connectivity index (χ0n) is 17.8. The molecule has 0 saturated carbocycles. The number of amides is 2. The van der Waals surface area contributed by atoms with E-state index in [4.69, 9.17) is 4.74 Å². The molecule has 1 heterocycles. The summed E-state index contributed by atoms with van der Waals surface area (Å²) in [4.78, 5) is 12.4. The second-order valence-electron chi connectivity index (χ2n) is 7.01. The highest BCUT2D eigenvalue weighted by atomic mass is 19.3. The van der Waals surface area contributed by atoms with Crippen molar-refractivity contribution in [2.75, 3.05) is 10.6 Å². The number of hydrogen-bond acceptors (Lipinski definition) is 5. The number of anilines is 2. The lowest BCUT2D eigenvalue weighted by Gasteiger charge is -2.12. The number of ether oxygens (including phenoxy) is 3. The van der Waals surface area contributed by atoms with E-state index in [2.05, 4.69) is 30.3 Å². The molecule has 35 heavy (non-hydrogen) atoms. The molecule has 3 N–H and O–H groups in total. The molecule has 0 aliphatic carbocycles. The van der Waals surface area contributed by atoms with E-state index in [-0.39, 0.29) is 29.6 Å². The van der Waals surface area contributed by atoms with Gasteiger partial charge in [-0.25, -0.2) is 4.79 Å². The number of aromatic amines is 1. The highest BCUT2D eigenvalue weighted by Crippen LogP contribution is 2.28. The third-order valence-corrected chi connectivity index (χ3v) is 4.70. The molecule has 0 radical (unpaired) electrons. The first kappa shape index (κ1) is 23.7. The van der Waals surface area contributed by atoms with Crippen molar-refractivity contribution in [2.24, 2.45) is 0 Å². The van der Waals surface area contributed by atoms with Crippen molar-refractivity contribution in [1.82, 2.24) is 10.2 Å². The first-order valence-electron chi connectivity index (χ1n) is 10.1. The summed E-state index contributed by atoms with van der Waals surface area (Å²) in [5, 5.41) is 12.3. The van der Waals surface area contributed by atoms with E-state index >= 15 is 0 Å². The number of fused-ring (bicyclic) bond motifs is 1. The van der Waals surface area contributed by atoms with Gasteiger partial charge < -0.3 is 19.5 Å². The summed E-state index contributed by atoms with van der Waals surface area (Å²) >= 11 is 0. The molecular formula is C23H18F4N4O4. The van der Waals surface area contributed by atoms with Gasteiger partial charge in [0, 0.05) is 17.0 Å². The summed E-state index contributed by atoms with van der Waals surface area (Å²) in [6, 6.07) is 16.2. The molecule has 0 atom stereocenters. The van der Waals surface area contributed by atoms with E-state index in [0.29, 0.717) is 22.2 Å². The lowest BCUT2D eigenvalue weighted by molar-refractivity contribution is -0.0511. The number of benzene rings is 3. The summed E-state index contributed by atoms with van der Waals surface area (Å²) in [5.41, 5.74) is 1.01. The Morgan fingerprint density at radius 3 is 2.34 bits per heavy atom. The van der Waals surface area contributed by atoms with Gasteiger partial charge in [-0.2, -0.15) is 22.7 Å². The fourth-order valence-electron chi connectivity index (χ4n) is 3.21. The number of hydrogen-bond donors (Lipinski definition) is 3. The summed E-state index contributed by atoms with van der Waals surface area (Å²) in [6.45, 7) is -6.01. The van der Waals surface area contributed by atoms with Crippen molar-refractivity contribution in [3.63, 3.8) is 0 Å². The van der Waals surface area contributed by atoms with Crippen LogP contribution in [0.25, 0.3) is 10.9 Å². The summed E-state index contributed by atoms with van der Waals surface area (Å²) in [5.74, 6) is 0.434. The minimum Gasteiger partial charge on any atom is -0.489 e. The lowest BCUT2D eigenvalue weighted by atomic mass is 10.2. The molecule has 0 aliphatic heterocycles. The average Bonchev–Trinajstić information content (AvgIpc) is 3.21. The Labute approximate surface area is 195 Å². The number of carbonyl (C=O) groups excluding carboxylic acids is 1. The molecule has 0 bridgehead atoms. The van der Waals surface area contributed by atoms with Crippen molar-refractivity contribution < 1.29 is 36.6 Å². The molecular weight excluding hydrogens is 472 g/mol. The van der Waals surface area contributed by atoms with Crippen LogP contribution in [0.2, 0.25) is 0 Å². The Bertz CT molecular complexity index is 1320. The van der Waals surface area contributed by atoms with E-state index in [1.165, 1.54) is 24.3 Å². The van der Waals surface area contributed by atoms with Crippen LogP contribution in [0.15, 0.2) is 66.7 Å². The number of aromatic nitrogens is 2. The maximum Gasteiger partial charge on any atom is 0.387 e. The van der Waals surface area contributed by atoms with Crippen LogP contribution in [0.4, 0.5) is 33.9 Å². The zero-order valence-corrected chi connectivity index (χ0v) is 17.8. The van der Waals surface area contributed by atoms with Crippen LogP contribution >= 0.6 is 0 Å². The van der Waals surface area contributed by atoms with E-state index < -0.39 is 19.3 Å². The van der Waals surface area contributed by atoms with Crippen molar-refractivity contribution in [3.05, 3.63) is 72.3 Å². The Hall–Kier alpha value is -4.48. The molecule has 4 rings (SSSR count). The smallest absolute Gasteiger partial charge is 0.387 e. The van der Waals surface area contributed by atoms with Crippen molar-refractivity contribution in [2.45, 2.75) is 19.8 Å². The van der Waals surface area contributed by atoms with Crippen LogP contribution in [0.5, 0.6) is 17.2 Å². The lowest BCUT2D eigenvalue weighted by Crippen LogP contribution is -2.20. The van der Waals surface area contributed by atoms with E-state index in [1.807, 2.05) is 0 Å². The highest BCUT2D eigenvalue weighted by Gasteiger charge is 2.15. The predicted molar refractivity (Wildman–Crippen MR) is 119 cm³/mol. The van der Waals surface area contributed by atoms with Crippen LogP contribution in [0.1, 0.15) is 5.56 Å². The van der Waals surface area contributed by atoms with Gasteiger partial charge in [-0.3, -0.25) is 10.4 Å². The quantitative estimate of drug-likeness (QED) is 0.251. The van der Waals surface area contributed by atoms with Gasteiger partial charge in [0.2, 0.25) is 0 Å². The fourth-order valence-corrected chi connectivity index (χ4v) is 3.21. The molecule has 4 aromatic rings. The normalized spacial score (nSPS) is 11.0. The van der Waals surface area contributed by atoms with Gasteiger partial charge in [-0.1, -0.05) is 30.3 Å². The molecule has 8 nitrogen and oxygen atoms in total.